The van der Waals surface area contributed by atoms with Crippen molar-refractivity contribution in [1.29, 1.82) is 0 Å². The molecule has 1 aliphatic heterocycles. The minimum absolute atomic E-state index is 0.241. The molecule has 1 heterocycles. The van der Waals surface area contributed by atoms with Gasteiger partial charge in [-0.05, 0) is 41.5 Å². The van der Waals surface area contributed by atoms with E-state index >= 15 is 0 Å². The third-order valence-corrected chi connectivity index (χ3v) is 3.71. The lowest BCUT2D eigenvalue weighted by Crippen LogP contribution is -2.66. The SMILES string of the molecule is CC(C)(C)OC1OC(CO)C(OC(C)(C)C)C(O)C1NC(=O)CCC(=O)O. The summed E-state index contributed by atoms with van der Waals surface area (Å²) < 4.78 is 17.5. The molecule has 1 aliphatic rings. The molecule has 5 atom stereocenters. The molecule has 0 aromatic rings. The van der Waals surface area contributed by atoms with Gasteiger partial charge in [0.1, 0.15) is 24.4 Å². The number of aliphatic hydroxyl groups excluding tert-OH is 2. The molecule has 0 aromatic carbocycles. The number of nitrogens with one attached hydrogen (secondary N) is 1. The van der Waals surface area contributed by atoms with Gasteiger partial charge in [-0.3, -0.25) is 9.59 Å². The number of carboxylic acids is 1. The van der Waals surface area contributed by atoms with Gasteiger partial charge in [0.05, 0.1) is 24.2 Å². The molecule has 0 bridgehead atoms. The van der Waals surface area contributed by atoms with Gasteiger partial charge in [-0.25, -0.2) is 0 Å². The molecule has 9 heteroatoms. The van der Waals surface area contributed by atoms with Crippen molar-refractivity contribution in [2.75, 3.05) is 6.61 Å². The van der Waals surface area contributed by atoms with Gasteiger partial charge >= 0.3 is 5.97 Å². The number of amides is 1. The normalized spacial score (nSPS) is 29.4. The molecule has 0 radical (unpaired) electrons. The van der Waals surface area contributed by atoms with Crippen molar-refractivity contribution in [2.24, 2.45) is 0 Å². The van der Waals surface area contributed by atoms with E-state index in [0.717, 1.165) is 0 Å². The van der Waals surface area contributed by atoms with Crippen molar-refractivity contribution >= 4 is 11.9 Å². The first-order valence-electron chi connectivity index (χ1n) is 9.04. The Balaban J connectivity index is 3.04. The summed E-state index contributed by atoms with van der Waals surface area (Å²) in [6.45, 7) is 10.4. The molecule has 158 valence electrons. The summed E-state index contributed by atoms with van der Waals surface area (Å²) in [7, 11) is 0. The zero-order valence-electron chi connectivity index (χ0n) is 16.9. The van der Waals surface area contributed by atoms with Crippen molar-refractivity contribution < 1.29 is 39.1 Å². The zero-order chi connectivity index (χ0) is 21.0. The van der Waals surface area contributed by atoms with Crippen LogP contribution < -0.4 is 5.32 Å². The number of carbonyl (C=O) groups excluding carboxylic acids is 1. The lowest BCUT2D eigenvalue weighted by Gasteiger charge is -2.47. The van der Waals surface area contributed by atoms with E-state index < -0.39 is 60.3 Å². The first-order valence-corrected chi connectivity index (χ1v) is 9.04. The molecule has 0 aromatic heterocycles. The number of hydrogen-bond donors (Lipinski definition) is 4. The molecule has 4 N–H and O–H groups in total. The number of rotatable bonds is 7. The Labute approximate surface area is 160 Å². The standard InChI is InChI=1S/C18H33NO8/c1-17(2,3)26-15-10(9-20)25-16(27-18(4,5)6)13(14(15)24)19-11(21)7-8-12(22)23/h10,13-16,20,24H,7-9H2,1-6H3,(H,19,21)(H,22,23). The molecule has 1 saturated heterocycles. The lowest BCUT2D eigenvalue weighted by molar-refractivity contribution is -0.308. The monoisotopic (exact) mass is 391 g/mol. The van der Waals surface area contributed by atoms with Gasteiger partial charge in [-0.1, -0.05) is 0 Å². The fourth-order valence-electron chi connectivity index (χ4n) is 2.70. The number of carboxylic acid groups (broad SMARTS) is 1. The van der Waals surface area contributed by atoms with Gasteiger partial charge in [0.15, 0.2) is 6.29 Å². The van der Waals surface area contributed by atoms with E-state index in [1.54, 1.807) is 41.5 Å². The number of aliphatic hydroxyl groups is 2. The summed E-state index contributed by atoms with van der Waals surface area (Å²) in [6.07, 6.45) is -4.59. The number of aliphatic carboxylic acids is 1. The molecule has 9 nitrogen and oxygen atoms in total. The Morgan fingerprint density at radius 3 is 2.04 bits per heavy atom. The molecule has 5 unspecified atom stereocenters. The first-order chi connectivity index (χ1) is 12.2. The lowest BCUT2D eigenvalue weighted by atomic mass is 9.95. The van der Waals surface area contributed by atoms with Crippen molar-refractivity contribution in [2.45, 2.75) is 96.2 Å². The van der Waals surface area contributed by atoms with Crippen molar-refractivity contribution in [3.05, 3.63) is 0 Å². The van der Waals surface area contributed by atoms with Crippen LogP contribution in [0.3, 0.4) is 0 Å². The predicted octanol–water partition coefficient (Wildman–Crippen LogP) is 0.413. The summed E-state index contributed by atoms with van der Waals surface area (Å²) in [5, 5.41) is 31.9. The van der Waals surface area contributed by atoms with Gasteiger partial charge in [-0.2, -0.15) is 0 Å². The summed E-state index contributed by atoms with van der Waals surface area (Å²) in [5.41, 5.74) is -1.27. The van der Waals surface area contributed by atoms with E-state index in [1.165, 1.54) is 0 Å². The summed E-state index contributed by atoms with van der Waals surface area (Å²) in [5.74, 6) is -1.65. The summed E-state index contributed by atoms with van der Waals surface area (Å²) in [6, 6.07) is -0.985. The van der Waals surface area contributed by atoms with Gasteiger partial charge in [-0.15, -0.1) is 0 Å². The maximum absolute atomic E-state index is 12.1. The Bertz CT molecular complexity index is 510. The number of ether oxygens (including phenoxy) is 3. The smallest absolute Gasteiger partial charge is 0.303 e. The summed E-state index contributed by atoms with van der Waals surface area (Å²) >= 11 is 0. The van der Waals surface area contributed by atoms with E-state index in [4.69, 9.17) is 19.3 Å². The number of hydrogen-bond acceptors (Lipinski definition) is 7. The average Bonchev–Trinajstić information content (AvgIpc) is 2.49. The molecule has 0 aliphatic carbocycles. The second-order valence-electron chi connectivity index (χ2n) is 8.63. The predicted molar refractivity (Wildman–Crippen MR) is 96.0 cm³/mol. The first kappa shape index (κ1) is 23.8. The molecule has 1 rings (SSSR count). The van der Waals surface area contributed by atoms with Gasteiger partial charge in [0.2, 0.25) is 5.91 Å². The van der Waals surface area contributed by atoms with Crippen LogP contribution in [0.25, 0.3) is 0 Å². The number of carbonyl (C=O) groups is 2. The third kappa shape index (κ3) is 8.10. The Morgan fingerprint density at radius 1 is 1.04 bits per heavy atom. The average molecular weight is 391 g/mol. The minimum atomic E-state index is -1.23. The van der Waals surface area contributed by atoms with Crippen LogP contribution in [0.2, 0.25) is 0 Å². The molecular formula is C18H33NO8. The van der Waals surface area contributed by atoms with E-state index in [-0.39, 0.29) is 12.8 Å². The Morgan fingerprint density at radius 2 is 1.59 bits per heavy atom. The Kier molecular flexibility index (Phi) is 8.18. The topological polar surface area (TPSA) is 135 Å². The molecule has 27 heavy (non-hydrogen) atoms. The molecule has 0 spiro atoms. The van der Waals surface area contributed by atoms with Crippen molar-refractivity contribution in [1.82, 2.24) is 5.32 Å². The van der Waals surface area contributed by atoms with Crippen LogP contribution in [0.4, 0.5) is 0 Å². The second-order valence-corrected chi connectivity index (χ2v) is 8.63. The van der Waals surface area contributed by atoms with E-state index in [1.807, 2.05) is 0 Å². The minimum Gasteiger partial charge on any atom is -0.481 e. The maximum Gasteiger partial charge on any atom is 0.303 e. The fraction of sp³-hybridized carbons (Fsp3) is 0.889. The highest BCUT2D eigenvalue weighted by molar-refractivity contribution is 5.80. The highest BCUT2D eigenvalue weighted by Gasteiger charge is 2.49. The largest absolute Gasteiger partial charge is 0.481 e. The molecule has 1 amide bonds. The maximum atomic E-state index is 12.1. The fourth-order valence-corrected chi connectivity index (χ4v) is 2.70. The van der Waals surface area contributed by atoms with Crippen LogP contribution in [0.15, 0.2) is 0 Å². The van der Waals surface area contributed by atoms with Crippen molar-refractivity contribution in [3.8, 4) is 0 Å². The van der Waals surface area contributed by atoms with Gasteiger partial charge in [0.25, 0.3) is 0 Å². The van der Waals surface area contributed by atoms with Crippen LogP contribution in [-0.2, 0) is 23.8 Å². The Hall–Kier alpha value is -1.26. The quantitative estimate of drug-likeness (QED) is 0.490. The van der Waals surface area contributed by atoms with Crippen LogP contribution in [0.5, 0.6) is 0 Å². The van der Waals surface area contributed by atoms with Crippen LogP contribution >= 0.6 is 0 Å². The van der Waals surface area contributed by atoms with E-state index in [9.17, 15) is 19.8 Å². The second kappa shape index (κ2) is 9.29. The van der Waals surface area contributed by atoms with Gasteiger partial charge in [0, 0.05) is 6.42 Å². The summed E-state index contributed by atoms with van der Waals surface area (Å²) in [4.78, 5) is 22.8. The van der Waals surface area contributed by atoms with Crippen molar-refractivity contribution in [3.63, 3.8) is 0 Å². The zero-order valence-corrected chi connectivity index (χ0v) is 16.9. The molecular weight excluding hydrogens is 358 g/mol. The van der Waals surface area contributed by atoms with Crippen LogP contribution in [-0.4, -0.2) is 75.6 Å². The highest BCUT2D eigenvalue weighted by atomic mass is 16.7. The van der Waals surface area contributed by atoms with E-state index in [2.05, 4.69) is 5.32 Å². The third-order valence-electron chi connectivity index (χ3n) is 3.71. The van der Waals surface area contributed by atoms with E-state index in [0.29, 0.717) is 0 Å². The van der Waals surface area contributed by atoms with Crippen LogP contribution in [0.1, 0.15) is 54.4 Å². The molecule has 1 fully saturated rings. The van der Waals surface area contributed by atoms with Gasteiger partial charge < -0.3 is 34.8 Å². The van der Waals surface area contributed by atoms with Crippen LogP contribution in [0, 0.1) is 0 Å². The highest BCUT2D eigenvalue weighted by Crippen LogP contribution is 2.29. The molecule has 0 saturated carbocycles.